The van der Waals surface area contributed by atoms with Crippen LogP contribution in [-0.4, -0.2) is 52.2 Å². The van der Waals surface area contributed by atoms with Crippen LogP contribution in [0.5, 0.6) is 0 Å². The van der Waals surface area contributed by atoms with E-state index in [0.29, 0.717) is 41.8 Å². The highest BCUT2D eigenvalue weighted by molar-refractivity contribution is 5.82. The first-order chi connectivity index (χ1) is 17.8. The predicted molar refractivity (Wildman–Crippen MR) is 140 cm³/mol. The maximum Gasteiger partial charge on any atom is 0.471 e. The molecule has 1 heterocycles. The van der Waals surface area contributed by atoms with Crippen LogP contribution in [0.15, 0.2) is 52.9 Å². The van der Waals surface area contributed by atoms with E-state index < -0.39 is 36.8 Å². The van der Waals surface area contributed by atoms with Gasteiger partial charge in [0, 0.05) is 12.6 Å². The molecule has 1 amide bonds. The van der Waals surface area contributed by atoms with Gasteiger partial charge in [-0.1, -0.05) is 57.2 Å². The summed E-state index contributed by atoms with van der Waals surface area (Å²) in [7, 11) is 0. The Morgan fingerprint density at radius 3 is 2.39 bits per heavy atom. The molecule has 3 rings (SSSR count). The molecule has 5 N–H and O–H groups in total. The fraction of sp³-hybridized carbons (Fsp3) is 0.500. The predicted octanol–water partition coefficient (Wildman–Crippen LogP) is 4.62. The number of rotatable bonds is 11. The number of nitrogens with two attached hydrogens (primary N) is 2. The Bertz CT molecular complexity index is 1190. The number of nitrogens with zero attached hydrogens (tertiary/aromatic N) is 2. The molecule has 0 saturated carbocycles. The molecule has 1 aromatic heterocycles. The summed E-state index contributed by atoms with van der Waals surface area (Å²) in [6.07, 6.45) is -5.59. The van der Waals surface area contributed by atoms with Gasteiger partial charge in [0.15, 0.2) is 11.7 Å². The molecule has 3 aromatic rings. The van der Waals surface area contributed by atoms with Gasteiger partial charge in [-0.3, -0.25) is 4.79 Å². The van der Waals surface area contributed by atoms with Gasteiger partial charge in [0.25, 0.3) is 0 Å². The summed E-state index contributed by atoms with van der Waals surface area (Å²) in [5.41, 5.74) is 14.2. The lowest BCUT2D eigenvalue weighted by Crippen LogP contribution is -2.53. The van der Waals surface area contributed by atoms with E-state index in [1.165, 1.54) is 0 Å². The molecular weight excluding hydrogens is 497 g/mol. The standard InChI is InChI=1S/C28H37F3N4O3/c1-27(2,3)19-12-14-23-21(16-19)34-25(38-23)24(36)22(13-11-18-8-5-4-6-9-18)35(26(37)28(29,30)31)17-20(33)10-7-15-32/h4-6,8-9,12,14,16,20,22,24,36H,7,10-11,13,15,17,32-33H2,1-3H3/t20-,22-,24?/m1/s1. The number of fused-ring (bicyclic) bond motifs is 1. The number of carbonyl (C=O) groups excluding carboxylic acids is 1. The quantitative estimate of drug-likeness (QED) is 0.330. The molecule has 0 aliphatic carbocycles. The summed E-state index contributed by atoms with van der Waals surface area (Å²) >= 11 is 0. The van der Waals surface area contributed by atoms with Crippen molar-refractivity contribution in [2.24, 2.45) is 11.5 Å². The highest BCUT2D eigenvalue weighted by Gasteiger charge is 2.47. The maximum atomic E-state index is 13.7. The van der Waals surface area contributed by atoms with Crippen molar-refractivity contribution in [3.05, 3.63) is 65.5 Å². The fourth-order valence-electron chi connectivity index (χ4n) is 4.40. The zero-order chi connectivity index (χ0) is 28.1. The van der Waals surface area contributed by atoms with Crippen molar-refractivity contribution < 1.29 is 27.5 Å². The number of alkyl halides is 3. The number of aliphatic hydroxyl groups excluding tert-OH is 1. The molecule has 1 unspecified atom stereocenters. The van der Waals surface area contributed by atoms with Crippen molar-refractivity contribution in [3.8, 4) is 0 Å². The lowest BCUT2D eigenvalue weighted by atomic mass is 9.87. The van der Waals surface area contributed by atoms with Crippen LogP contribution >= 0.6 is 0 Å². The first-order valence-electron chi connectivity index (χ1n) is 12.8. The third kappa shape index (κ3) is 7.55. The number of benzene rings is 2. The third-order valence-corrected chi connectivity index (χ3v) is 6.57. The Balaban J connectivity index is 2.01. The molecule has 0 saturated heterocycles. The molecule has 2 aromatic carbocycles. The highest BCUT2D eigenvalue weighted by atomic mass is 19.4. The van der Waals surface area contributed by atoms with E-state index in [1.54, 1.807) is 6.07 Å². The molecular formula is C28H37F3N4O3. The normalized spacial score (nSPS) is 14.9. The van der Waals surface area contributed by atoms with E-state index in [2.05, 4.69) is 4.98 Å². The minimum atomic E-state index is -5.15. The minimum Gasteiger partial charge on any atom is -0.438 e. The Kier molecular flexibility index (Phi) is 9.56. The summed E-state index contributed by atoms with van der Waals surface area (Å²) in [5.74, 6) is -2.22. The molecule has 208 valence electrons. The van der Waals surface area contributed by atoms with Gasteiger partial charge < -0.3 is 25.9 Å². The third-order valence-electron chi connectivity index (χ3n) is 6.57. The summed E-state index contributed by atoms with van der Waals surface area (Å²) in [6.45, 7) is 6.04. The van der Waals surface area contributed by atoms with Crippen molar-refractivity contribution in [2.45, 2.75) is 76.2 Å². The number of hydrogen-bond donors (Lipinski definition) is 3. The topological polar surface area (TPSA) is 119 Å². The van der Waals surface area contributed by atoms with Crippen LogP contribution in [0.25, 0.3) is 11.1 Å². The summed E-state index contributed by atoms with van der Waals surface area (Å²) < 4.78 is 47.0. The van der Waals surface area contributed by atoms with Crippen molar-refractivity contribution in [2.75, 3.05) is 13.1 Å². The van der Waals surface area contributed by atoms with Gasteiger partial charge in [0.05, 0.1) is 6.04 Å². The SMILES string of the molecule is CC(C)(C)c1ccc2oc(C(O)[C@@H](CCc3ccccc3)N(C[C@H](N)CCCN)C(=O)C(F)(F)F)nc2c1. The van der Waals surface area contributed by atoms with Crippen LogP contribution in [0.2, 0.25) is 0 Å². The number of aryl methyl sites for hydroxylation is 1. The Morgan fingerprint density at radius 2 is 1.79 bits per heavy atom. The molecule has 0 spiro atoms. The molecule has 10 heteroatoms. The molecule has 3 atom stereocenters. The highest BCUT2D eigenvalue weighted by Crippen LogP contribution is 2.32. The average molecular weight is 535 g/mol. The van der Waals surface area contributed by atoms with Crippen LogP contribution in [0.4, 0.5) is 13.2 Å². The number of hydrogen-bond acceptors (Lipinski definition) is 6. The molecule has 0 aliphatic rings. The van der Waals surface area contributed by atoms with Gasteiger partial charge in [-0.15, -0.1) is 0 Å². The summed E-state index contributed by atoms with van der Waals surface area (Å²) in [4.78, 5) is 17.7. The number of aliphatic hydroxyl groups is 1. The minimum absolute atomic E-state index is 0.0303. The zero-order valence-electron chi connectivity index (χ0n) is 22.0. The van der Waals surface area contributed by atoms with Crippen LogP contribution in [0.3, 0.4) is 0 Å². The molecule has 0 bridgehead atoms. The number of oxazole rings is 1. The molecule has 0 aliphatic heterocycles. The lowest BCUT2D eigenvalue weighted by molar-refractivity contribution is -0.191. The average Bonchev–Trinajstić information content (AvgIpc) is 3.29. The van der Waals surface area contributed by atoms with Gasteiger partial charge in [-0.2, -0.15) is 13.2 Å². The Labute approximate surface area is 221 Å². The molecule has 38 heavy (non-hydrogen) atoms. The van der Waals surface area contributed by atoms with E-state index in [-0.39, 0.29) is 17.7 Å². The molecule has 0 fully saturated rings. The summed E-state index contributed by atoms with van der Waals surface area (Å²) in [6, 6.07) is 12.5. The number of halogens is 3. The van der Waals surface area contributed by atoms with Crippen molar-refractivity contribution in [1.29, 1.82) is 0 Å². The second-order valence-electron chi connectivity index (χ2n) is 10.7. The summed E-state index contributed by atoms with van der Waals surface area (Å²) in [5, 5.41) is 11.4. The van der Waals surface area contributed by atoms with Gasteiger partial charge >= 0.3 is 12.1 Å². The fourth-order valence-corrected chi connectivity index (χ4v) is 4.40. The van der Waals surface area contributed by atoms with E-state index in [4.69, 9.17) is 15.9 Å². The van der Waals surface area contributed by atoms with Gasteiger partial charge in [0.1, 0.15) is 5.52 Å². The second kappa shape index (κ2) is 12.3. The van der Waals surface area contributed by atoms with Crippen LogP contribution in [0.1, 0.15) is 63.2 Å². The Hall–Kier alpha value is -2.95. The van der Waals surface area contributed by atoms with Gasteiger partial charge in [-0.25, -0.2) is 4.98 Å². The molecule has 7 nitrogen and oxygen atoms in total. The van der Waals surface area contributed by atoms with E-state index in [9.17, 15) is 23.1 Å². The van der Waals surface area contributed by atoms with Crippen molar-refractivity contribution >= 4 is 17.0 Å². The molecule has 0 radical (unpaired) electrons. The first kappa shape index (κ1) is 29.6. The zero-order valence-corrected chi connectivity index (χ0v) is 22.0. The van der Waals surface area contributed by atoms with E-state index in [1.807, 2.05) is 63.2 Å². The van der Waals surface area contributed by atoms with Gasteiger partial charge in [0.2, 0.25) is 5.89 Å². The number of carbonyl (C=O) groups is 1. The monoisotopic (exact) mass is 534 g/mol. The second-order valence-corrected chi connectivity index (χ2v) is 10.7. The van der Waals surface area contributed by atoms with Gasteiger partial charge in [-0.05, 0) is 60.9 Å². The number of amides is 1. The maximum absolute atomic E-state index is 13.7. The lowest BCUT2D eigenvalue weighted by Gasteiger charge is -2.36. The van der Waals surface area contributed by atoms with Crippen molar-refractivity contribution in [3.63, 3.8) is 0 Å². The van der Waals surface area contributed by atoms with E-state index in [0.717, 1.165) is 11.1 Å². The van der Waals surface area contributed by atoms with Crippen molar-refractivity contribution in [1.82, 2.24) is 9.88 Å². The first-order valence-corrected chi connectivity index (χ1v) is 12.8. The van der Waals surface area contributed by atoms with Crippen LogP contribution < -0.4 is 11.5 Å². The Morgan fingerprint density at radius 1 is 1.11 bits per heavy atom. The largest absolute Gasteiger partial charge is 0.471 e. The van der Waals surface area contributed by atoms with E-state index >= 15 is 0 Å². The van der Waals surface area contributed by atoms with Crippen LogP contribution in [-0.2, 0) is 16.6 Å². The number of aromatic nitrogens is 1. The van der Waals surface area contributed by atoms with Crippen LogP contribution in [0, 0.1) is 0 Å². The smallest absolute Gasteiger partial charge is 0.438 e.